The van der Waals surface area contributed by atoms with Crippen molar-refractivity contribution in [3.8, 4) is 11.1 Å². The summed E-state index contributed by atoms with van der Waals surface area (Å²) in [5.41, 5.74) is 2.71. The maximum atomic E-state index is 10.6. The van der Waals surface area contributed by atoms with Gasteiger partial charge in [-0.2, -0.15) is 0 Å². The van der Waals surface area contributed by atoms with Gasteiger partial charge in [-0.15, -0.1) is 0 Å². The molecule has 3 rings (SSSR count). The maximum absolute atomic E-state index is 10.6. The van der Waals surface area contributed by atoms with Gasteiger partial charge in [0, 0.05) is 6.54 Å². The lowest BCUT2D eigenvalue weighted by Gasteiger charge is -2.33. The summed E-state index contributed by atoms with van der Waals surface area (Å²) in [6, 6.07) is 18.6. The topological polar surface area (TPSA) is 32.3 Å². The molecule has 1 unspecified atom stereocenters. The van der Waals surface area contributed by atoms with Crippen LogP contribution in [-0.4, -0.2) is 18.2 Å². The van der Waals surface area contributed by atoms with Crippen LogP contribution >= 0.6 is 0 Å². The predicted molar refractivity (Wildman–Crippen MR) is 77.9 cm³/mol. The van der Waals surface area contributed by atoms with Crippen LogP contribution in [0, 0.1) is 0 Å². The molecule has 98 valence electrons. The molecule has 19 heavy (non-hydrogen) atoms. The molecular weight excluding hydrogens is 234 g/mol. The monoisotopic (exact) mass is 253 g/mol. The number of hydrogen-bond donors (Lipinski definition) is 2. The van der Waals surface area contributed by atoms with Gasteiger partial charge in [0.15, 0.2) is 0 Å². The molecule has 1 saturated heterocycles. The number of benzene rings is 2. The number of aliphatic hydroxyl groups is 1. The van der Waals surface area contributed by atoms with E-state index in [1.54, 1.807) is 0 Å². The molecule has 2 aromatic carbocycles. The van der Waals surface area contributed by atoms with E-state index < -0.39 is 5.60 Å². The minimum Gasteiger partial charge on any atom is -0.384 e. The highest BCUT2D eigenvalue weighted by molar-refractivity contribution is 5.63. The fraction of sp³-hybridized carbons (Fsp3) is 0.294. The molecule has 2 aromatic rings. The van der Waals surface area contributed by atoms with E-state index in [0.29, 0.717) is 6.54 Å². The van der Waals surface area contributed by atoms with Crippen LogP contribution in [0.4, 0.5) is 0 Å². The van der Waals surface area contributed by atoms with Gasteiger partial charge >= 0.3 is 0 Å². The first kappa shape index (κ1) is 12.4. The third-order valence-electron chi connectivity index (χ3n) is 3.89. The summed E-state index contributed by atoms with van der Waals surface area (Å²) in [6.07, 6.45) is 1.86. The van der Waals surface area contributed by atoms with Gasteiger partial charge in [0.1, 0.15) is 5.60 Å². The lowest BCUT2D eigenvalue weighted by Crippen LogP contribution is -2.43. The van der Waals surface area contributed by atoms with E-state index in [-0.39, 0.29) is 0 Å². The molecular formula is C17H19NO. The second kappa shape index (κ2) is 5.16. The largest absolute Gasteiger partial charge is 0.384 e. The fourth-order valence-electron chi connectivity index (χ4n) is 2.74. The zero-order valence-corrected chi connectivity index (χ0v) is 11.0. The van der Waals surface area contributed by atoms with E-state index in [1.807, 2.05) is 18.2 Å². The van der Waals surface area contributed by atoms with Gasteiger partial charge in [0.2, 0.25) is 0 Å². The van der Waals surface area contributed by atoms with Crippen LogP contribution in [0.5, 0.6) is 0 Å². The lowest BCUT2D eigenvalue weighted by molar-refractivity contribution is 0.0123. The molecule has 0 aliphatic carbocycles. The van der Waals surface area contributed by atoms with E-state index >= 15 is 0 Å². The normalized spacial score (nSPS) is 23.2. The molecule has 0 amide bonds. The summed E-state index contributed by atoms with van der Waals surface area (Å²) in [6.45, 7) is 1.65. The van der Waals surface area contributed by atoms with Crippen molar-refractivity contribution in [2.75, 3.05) is 13.1 Å². The van der Waals surface area contributed by atoms with Crippen molar-refractivity contribution in [2.45, 2.75) is 18.4 Å². The Morgan fingerprint density at radius 2 is 1.58 bits per heavy atom. The highest BCUT2D eigenvalue weighted by atomic mass is 16.3. The molecule has 0 aromatic heterocycles. The van der Waals surface area contributed by atoms with E-state index in [9.17, 15) is 5.11 Å². The van der Waals surface area contributed by atoms with Crippen molar-refractivity contribution in [3.05, 3.63) is 60.2 Å². The molecule has 2 nitrogen and oxygen atoms in total. The Labute approximate surface area is 114 Å². The Kier molecular flexibility index (Phi) is 3.36. The summed E-state index contributed by atoms with van der Waals surface area (Å²) in [7, 11) is 0. The van der Waals surface area contributed by atoms with Crippen LogP contribution in [-0.2, 0) is 5.60 Å². The van der Waals surface area contributed by atoms with E-state index in [1.165, 1.54) is 11.1 Å². The van der Waals surface area contributed by atoms with Gasteiger partial charge in [-0.3, -0.25) is 0 Å². The van der Waals surface area contributed by atoms with Crippen molar-refractivity contribution < 1.29 is 5.11 Å². The van der Waals surface area contributed by atoms with Crippen molar-refractivity contribution in [1.29, 1.82) is 0 Å². The summed E-state index contributed by atoms with van der Waals surface area (Å²) in [5, 5.41) is 13.9. The highest BCUT2D eigenvalue weighted by Gasteiger charge is 2.30. The Balaban J connectivity index is 1.87. The minimum atomic E-state index is -0.701. The highest BCUT2D eigenvalue weighted by Crippen LogP contribution is 2.30. The second-order valence-electron chi connectivity index (χ2n) is 5.26. The SMILES string of the molecule is OC1(c2ccc(-c3ccccc3)cc2)CCCNC1. The number of β-amino-alcohol motifs (C(OH)–C–C–N with tert-alkyl or cyclic N) is 1. The molecule has 1 fully saturated rings. The molecule has 0 spiro atoms. The van der Waals surface area contributed by atoms with Gasteiger partial charge in [-0.1, -0.05) is 54.6 Å². The summed E-state index contributed by atoms with van der Waals surface area (Å²) in [5.74, 6) is 0. The fourth-order valence-corrected chi connectivity index (χ4v) is 2.74. The van der Waals surface area contributed by atoms with Crippen molar-refractivity contribution in [2.24, 2.45) is 0 Å². The quantitative estimate of drug-likeness (QED) is 0.862. The van der Waals surface area contributed by atoms with Gasteiger partial charge in [0.05, 0.1) is 0 Å². The first-order valence-corrected chi connectivity index (χ1v) is 6.87. The number of nitrogens with one attached hydrogen (secondary N) is 1. The van der Waals surface area contributed by atoms with Crippen LogP contribution in [0.2, 0.25) is 0 Å². The number of rotatable bonds is 2. The molecule has 0 saturated carbocycles. The Morgan fingerprint density at radius 1 is 0.895 bits per heavy atom. The smallest absolute Gasteiger partial charge is 0.102 e. The van der Waals surface area contributed by atoms with Crippen molar-refractivity contribution >= 4 is 0 Å². The van der Waals surface area contributed by atoms with Crippen LogP contribution in [0.15, 0.2) is 54.6 Å². The van der Waals surface area contributed by atoms with Gasteiger partial charge < -0.3 is 10.4 Å². The molecule has 1 atom stereocenters. The van der Waals surface area contributed by atoms with Crippen LogP contribution in [0.25, 0.3) is 11.1 Å². The molecule has 2 heteroatoms. The molecule has 1 aliphatic rings. The summed E-state index contributed by atoms with van der Waals surface area (Å²) in [4.78, 5) is 0. The zero-order valence-electron chi connectivity index (χ0n) is 11.0. The molecule has 1 aliphatic heterocycles. The van der Waals surface area contributed by atoms with Gasteiger partial charge in [-0.25, -0.2) is 0 Å². The standard InChI is InChI=1S/C17H19NO/c19-17(11-4-12-18-13-17)16-9-7-15(8-10-16)14-5-2-1-3-6-14/h1-3,5-10,18-19H,4,11-13H2. The summed E-state index contributed by atoms with van der Waals surface area (Å²) < 4.78 is 0. The van der Waals surface area contributed by atoms with Crippen LogP contribution < -0.4 is 5.32 Å². The number of piperidine rings is 1. The van der Waals surface area contributed by atoms with E-state index in [4.69, 9.17) is 0 Å². The van der Waals surface area contributed by atoms with E-state index in [0.717, 1.165) is 24.9 Å². The lowest BCUT2D eigenvalue weighted by atomic mass is 9.86. The Hall–Kier alpha value is -1.64. The molecule has 0 radical (unpaired) electrons. The molecule has 1 heterocycles. The zero-order chi connectivity index (χ0) is 13.1. The average Bonchev–Trinajstić information content (AvgIpc) is 2.49. The minimum absolute atomic E-state index is 0.650. The van der Waals surface area contributed by atoms with Crippen LogP contribution in [0.3, 0.4) is 0 Å². The van der Waals surface area contributed by atoms with Gasteiger partial charge in [-0.05, 0) is 36.1 Å². The summed E-state index contributed by atoms with van der Waals surface area (Å²) >= 11 is 0. The van der Waals surface area contributed by atoms with Crippen LogP contribution in [0.1, 0.15) is 18.4 Å². The first-order chi connectivity index (χ1) is 9.28. The molecule has 2 N–H and O–H groups in total. The van der Waals surface area contributed by atoms with Gasteiger partial charge in [0.25, 0.3) is 0 Å². The third kappa shape index (κ3) is 2.55. The average molecular weight is 253 g/mol. The maximum Gasteiger partial charge on any atom is 0.102 e. The third-order valence-corrected chi connectivity index (χ3v) is 3.89. The Morgan fingerprint density at radius 3 is 2.21 bits per heavy atom. The van der Waals surface area contributed by atoms with Crippen molar-refractivity contribution in [3.63, 3.8) is 0 Å². The predicted octanol–water partition coefficient (Wildman–Crippen LogP) is 2.92. The molecule has 0 bridgehead atoms. The van der Waals surface area contributed by atoms with Crippen molar-refractivity contribution in [1.82, 2.24) is 5.32 Å². The second-order valence-corrected chi connectivity index (χ2v) is 5.26. The first-order valence-electron chi connectivity index (χ1n) is 6.87. The number of hydrogen-bond acceptors (Lipinski definition) is 2. The Bertz CT molecular complexity index is 527. The van der Waals surface area contributed by atoms with E-state index in [2.05, 4.69) is 41.7 Å².